The summed E-state index contributed by atoms with van der Waals surface area (Å²) in [6.07, 6.45) is 0. The first-order valence-corrected chi connectivity index (χ1v) is 0.577. The van der Waals surface area contributed by atoms with Crippen LogP contribution in [0.1, 0.15) is 0 Å². The molecule has 4 heavy (non-hydrogen) atoms. The van der Waals surface area contributed by atoms with Gasteiger partial charge in [0.1, 0.15) is 0 Å². The molecular formula is H3BMgN2+2. The van der Waals surface area contributed by atoms with Crippen molar-refractivity contribution in [2.75, 3.05) is 0 Å². The van der Waals surface area contributed by atoms with E-state index in [-0.39, 0.29) is 23.1 Å². The molecule has 0 bridgehead atoms. The molecule has 0 aliphatic rings. The summed E-state index contributed by atoms with van der Waals surface area (Å²) in [5.74, 6) is 4.38. The summed E-state index contributed by atoms with van der Waals surface area (Å²) in [6.45, 7) is 0. The van der Waals surface area contributed by atoms with Crippen molar-refractivity contribution in [1.82, 2.24) is 5.34 Å². The van der Waals surface area contributed by atoms with E-state index in [0.717, 1.165) is 0 Å². The molecule has 0 saturated carbocycles. The maximum Gasteiger partial charge on any atom is 2.00 e. The second-order valence-corrected chi connectivity index (χ2v) is 0.167. The van der Waals surface area contributed by atoms with E-state index in [1.165, 1.54) is 0 Å². The molecule has 0 saturated heterocycles. The van der Waals surface area contributed by atoms with Gasteiger partial charge in [-0.05, 0) is 0 Å². The Labute approximate surface area is 42.7 Å². The molecule has 0 aliphatic carbocycles. The van der Waals surface area contributed by atoms with Crippen molar-refractivity contribution in [2.45, 2.75) is 0 Å². The van der Waals surface area contributed by atoms with Crippen LogP contribution in [-0.2, 0) is 0 Å². The van der Waals surface area contributed by atoms with Gasteiger partial charge in [-0.2, -0.15) is 0 Å². The van der Waals surface area contributed by atoms with Gasteiger partial charge >= 0.3 is 23.1 Å². The number of nitrogens with two attached hydrogens (primary N) is 1. The van der Waals surface area contributed by atoms with Gasteiger partial charge in [-0.25, -0.2) is 0 Å². The Hall–Kier alpha value is 0.751. The van der Waals surface area contributed by atoms with Gasteiger partial charge in [0, 0.05) is 0 Å². The van der Waals surface area contributed by atoms with Gasteiger partial charge < -0.3 is 5.34 Å². The monoisotopic (exact) mass is 66.0 g/mol. The minimum atomic E-state index is 0. The second kappa shape index (κ2) is 9.26. The van der Waals surface area contributed by atoms with Crippen LogP contribution in [0.15, 0.2) is 0 Å². The molecule has 2 nitrogen and oxygen atoms in total. The molecule has 0 spiro atoms. The molecule has 0 aromatic rings. The quantitative estimate of drug-likeness (QED) is 0.198. The van der Waals surface area contributed by atoms with E-state index in [0.29, 0.717) is 0 Å². The van der Waals surface area contributed by atoms with Gasteiger partial charge in [0.2, 0.25) is 7.98 Å². The normalized spacial score (nSPS) is 4.25. The van der Waals surface area contributed by atoms with Crippen LogP contribution in [0.5, 0.6) is 0 Å². The fraction of sp³-hybridized carbons (Fsp3) is 0. The Morgan fingerprint density at radius 3 is 1.75 bits per heavy atom. The van der Waals surface area contributed by atoms with Crippen LogP contribution in [0.25, 0.3) is 0 Å². The van der Waals surface area contributed by atoms with Gasteiger partial charge in [0.05, 0.1) is 0 Å². The first-order chi connectivity index (χ1) is 1.41. The molecule has 0 rings (SSSR count). The summed E-state index contributed by atoms with van der Waals surface area (Å²) in [7, 11) is 4.38. The van der Waals surface area contributed by atoms with Crippen LogP contribution >= 0.6 is 0 Å². The summed E-state index contributed by atoms with van der Waals surface area (Å²) in [4.78, 5) is 0. The molecule has 0 atom stereocenters. The predicted octanol–water partition coefficient (Wildman–Crippen LogP) is -1.85. The molecule has 0 amide bonds. The molecule has 4 heteroatoms. The number of rotatable bonds is 0. The third-order valence-electron chi connectivity index (χ3n) is 0. The van der Waals surface area contributed by atoms with Crippen molar-refractivity contribution < 1.29 is 0 Å². The van der Waals surface area contributed by atoms with Gasteiger partial charge in [0.15, 0.2) is 0 Å². The Morgan fingerprint density at radius 2 is 1.75 bits per heavy atom. The zero-order chi connectivity index (χ0) is 2.71. The summed E-state index contributed by atoms with van der Waals surface area (Å²) in [5, 5.41) is 1.75. The molecule has 0 aromatic heterocycles. The molecule has 3 N–H and O–H groups in total. The van der Waals surface area contributed by atoms with E-state index in [1.54, 1.807) is 5.34 Å². The molecule has 16 valence electrons. The minimum absolute atomic E-state index is 0. The maximum absolute atomic E-state index is 4.38. The van der Waals surface area contributed by atoms with E-state index in [4.69, 9.17) is 0 Å². The SMILES string of the molecule is [B]NN.[Mg+2]. The number of hydrogen-bond acceptors (Lipinski definition) is 2. The summed E-state index contributed by atoms with van der Waals surface area (Å²) < 4.78 is 0. The molecular weight excluding hydrogens is 63.1 g/mol. The van der Waals surface area contributed by atoms with E-state index < -0.39 is 0 Å². The predicted molar refractivity (Wildman–Crippen MR) is 18.8 cm³/mol. The smallest absolute Gasteiger partial charge is 0.314 e. The minimum Gasteiger partial charge on any atom is -0.314 e. The van der Waals surface area contributed by atoms with E-state index in [2.05, 4.69) is 13.8 Å². The van der Waals surface area contributed by atoms with Crippen LogP contribution in [0, 0.1) is 0 Å². The van der Waals surface area contributed by atoms with Crippen molar-refractivity contribution >= 4 is 31.0 Å². The van der Waals surface area contributed by atoms with E-state index in [9.17, 15) is 0 Å². The fourth-order valence-corrected chi connectivity index (χ4v) is 0. The van der Waals surface area contributed by atoms with Crippen molar-refractivity contribution in [3.8, 4) is 0 Å². The number of hydrogen-bond donors (Lipinski definition) is 2. The summed E-state index contributed by atoms with van der Waals surface area (Å²) in [5.41, 5.74) is 0. The molecule has 2 radical (unpaired) electrons. The number of hydrazine groups is 1. The Bertz CT molecular complexity index is 6.00. The first-order valence-electron chi connectivity index (χ1n) is 0.577. The third-order valence-corrected chi connectivity index (χ3v) is 0. The molecule has 0 unspecified atom stereocenters. The second-order valence-electron chi connectivity index (χ2n) is 0.167. The molecule has 0 heterocycles. The van der Waals surface area contributed by atoms with Crippen molar-refractivity contribution in [3.05, 3.63) is 0 Å². The van der Waals surface area contributed by atoms with Crippen LogP contribution in [-0.4, -0.2) is 31.0 Å². The first kappa shape index (κ1) is 8.83. The van der Waals surface area contributed by atoms with Gasteiger partial charge in [0.25, 0.3) is 0 Å². The average Bonchev–Trinajstić information content (AvgIpc) is 0.918. The van der Waals surface area contributed by atoms with Crippen molar-refractivity contribution in [2.24, 2.45) is 5.84 Å². The van der Waals surface area contributed by atoms with Crippen LogP contribution in [0.4, 0.5) is 0 Å². The van der Waals surface area contributed by atoms with Gasteiger partial charge in [-0.15, -0.1) is 0 Å². The molecule has 0 fully saturated rings. The number of nitrogens with one attached hydrogen (secondary N) is 1. The topological polar surface area (TPSA) is 38.0 Å². The van der Waals surface area contributed by atoms with Gasteiger partial charge in [-0.3, -0.25) is 5.84 Å². The Balaban J connectivity index is 0. The molecule has 0 aromatic carbocycles. The van der Waals surface area contributed by atoms with Crippen LogP contribution in [0.3, 0.4) is 0 Å². The summed E-state index contributed by atoms with van der Waals surface area (Å²) in [6, 6.07) is 0. The Morgan fingerprint density at radius 1 is 1.75 bits per heavy atom. The zero-order valence-electron chi connectivity index (χ0n) is 2.36. The van der Waals surface area contributed by atoms with E-state index in [1.807, 2.05) is 0 Å². The maximum atomic E-state index is 4.38. The van der Waals surface area contributed by atoms with Gasteiger partial charge in [-0.1, -0.05) is 0 Å². The van der Waals surface area contributed by atoms with Crippen LogP contribution in [0.2, 0.25) is 0 Å². The van der Waals surface area contributed by atoms with E-state index >= 15 is 0 Å². The average molecular weight is 66.2 g/mol. The van der Waals surface area contributed by atoms with Crippen LogP contribution < -0.4 is 11.2 Å². The molecule has 0 aliphatic heterocycles. The Kier molecular flexibility index (Phi) is 20.4. The fourth-order valence-electron chi connectivity index (χ4n) is 0. The largest absolute Gasteiger partial charge is 2.00 e. The zero-order valence-corrected chi connectivity index (χ0v) is 3.78. The van der Waals surface area contributed by atoms with Crippen molar-refractivity contribution in [1.29, 1.82) is 0 Å². The summed E-state index contributed by atoms with van der Waals surface area (Å²) >= 11 is 0. The third kappa shape index (κ3) is 15.0. The standard InChI is InChI=1S/BH3N2.Mg/c1-3-2;/h3H,2H2;/q;+2. The van der Waals surface area contributed by atoms with Crippen molar-refractivity contribution in [3.63, 3.8) is 0 Å².